The summed E-state index contributed by atoms with van der Waals surface area (Å²) < 4.78 is 7.63. The Morgan fingerprint density at radius 3 is 2.79 bits per heavy atom. The van der Waals surface area contributed by atoms with Crippen LogP contribution in [-0.4, -0.2) is 29.8 Å². The van der Waals surface area contributed by atoms with Gasteiger partial charge in [0.15, 0.2) is 17.1 Å². The Bertz CT molecular complexity index is 1290. The fraction of sp³-hybridized carbons (Fsp3) is 0.182. The van der Waals surface area contributed by atoms with Crippen molar-refractivity contribution in [2.24, 2.45) is 0 Å². The molecule has 0 saturated carbocycles. The highest BCUT2D eigenvalue weighted by Gasteiger charge is 2.11. The van der Waals surface area contributed by atoms with Crippen molar-refractivity contribution in [2.75, 3.05) is 0 Å². The van der Waals surface area contributed by atoms with Crippen LogP contribution in [0.15, 0.2) is 61.1 Å². The van der Waals surface area contributed by atoms with Gasteiger partial charge in [0.05, 0.1) is 11.6 Å². The molecule has 0 spiro atoms. The molecule has 1 N–H and O–H groups in total. The van der Waals surface area contributed by atoms with E-state index in [1.807, 2.05) is 30.3 Å². The first kappa shape index (κ1) is 17.4. The first-order chi connectivity index (χ1) is 14.2. The van der Waals surface area contributed by atoms with E-state index in [2.05, 4.69) is 57.3 Å². The zero-order valence-electron chi connectivity index (χ0n) is 16.2. The van der Waals surface area contributed by atoms with Gasteiger partial charge in [-0.1, -0.05) is 44.2 Å². The number of nitrogens with zero attached hydrogens (tertiary/aromatic N) is 5. The lowest BCUT2D eigenvalue weighted by Gasteiger charge is -2.09. The molecule has 29 heavy (non-hydrogen) atoms. The Balaban J connectivity index is 1.38. The van der Waals surface area contributed by atoms with E-state index in [0.717, 1.165) is 27.9 Å². The SMILES string of the molecule is CC(C)c1ccc(OCc2cccc(-c3nc4c5cn[nH]c5ncn4n3)c2)cc1. The minimum atomic E-state index is 0.482. The molecule has 7 nitrogen and oxygen atoms in total. The van der Waals surface area contributed by atoms with Gasteiger partial charge in [-0.3, -0.25) is 5.10 Å². The number of rotatable bonds is 5. The minimum absolute atomic E-state index is 0.482. The maximum Gasteiger partial charge on any atom is 0.182 e. The molecule has 0 fully saturated rings. The number of aromatic amines is 1. The first-order valence-electron chi connectivity index (χ1n) is 9.54. The second kappa shape index (κ2) is 7.01. The largest absolute Gasteiger partial charge is 0.489 e. The molecule has 7 heteroatoms. The molecule has 0 atom stereocenters. The molecule has 2 aromatic carbocycles. The molecule has 0 unspecified atom stereocenters. The molecule has 5 rings (SSSR count). The van der Waals surface area contributed by atoms with Crippen LogP contribution in [0.5, 0.6) is 5.75 Å². The molecule has 5 aromatic rings. The zero-order valence-corrected chi connectivity index (χ0v) is 16.2. The smallest absolute Gasteiger partial charge is 0.182 e. The van der Waals surface area contributed by atoms with Crippen molar-refractivity contribution in [3.63, 3.8) is 0 Å². The van der Waals surface area contributed by atoms with Gasteiger partial charge in [0.2, 0.25) is 0 Å². The maximum atomic E-state index is 5.96. The molecule has 3 aromatic heterocycles. The first-order valence-corrected chi connectivity index (χ1v) is 9.54. The van der Waals surface area contributed by atoms with Gasteiger partial charge < -0.3 is 4.74 Å². The van der Waals surface area contributed by atoms with E-state index < -0.39 is 0 Å². The van der Waals surface area contributed by atoms with Crippen LogP contribution >= 0.6 is 0 Å². The molecule has 144 valence electrons. The van der Waals surface area contributed by atoms with E-state index in [1.54, 1.807) is 17.0 Å². The summed E-state index contributed by atoms with van der Waals surface area (Å²) in [5.74, 6) is 2.01. The third-order valence-corrected chi connectivity index (χ3v) is 4.93. The Labute approximate surface area is 167 Å². The fourth-order valence-electron chi connectivity index (χ4n) is 3.28. The van der Waals surface area contributed by atoms with Crippen LogP contribution in [0.1, 0.15) is 30.9 Å². The Morgan fingerprint density at radius 2 is 1.97 bits per heavy atom. The van der Waals surface area contributed by atoms with Crippen molar-refractivity contribution in [3.05, 3.63) is 72.2 Å². The Hall–Kier alpha value is -3.74. The van der Waals surface area contributed by atoms with Crippen LogP contribution in [-0.2, 0) is 6.61 Å². The lowest BCUT2D eigenvalue weighted by atomic mass is 10.0. The molecular weight excluding hydrogens is 364 g/mol. The summed E-state index contributed by atoms with van der Waals surface area (Å²) in [5, 5.41) is 12.3. The summed E-state index contributed by atoms with van der Waals surface area (Å²) in [6.07, 6.45) is 3.35. The third kappa shape index (κ3) is 3.31. The van der Waals surface area contributed by atoms with Crippen LogP contribution in [0.25, 0.3) is 28.1 Å². The van der Waals surface area contributed by atoms with E-state index in [-0.39, 0.29) is 0 Å². The molecule has 0 aliphatic heterocycles. The number of H-pyrrole nitrogens is 1. The normalized spacial score (nSPS) is 11.6. The number of ether oxygens (including phenoxy) is 1. The number of aromatic nitrogens is 6. The van der Waals surface area contributed by atoms with Gasteiger partial charge >= 0.3 is 0 Å². The van der Waals surface area contributed by atoms with E-state index in [4.69, 9.17) is 4.74 Å². The number of fused-ring (bicyclic) bond motifs is 3. The topological polar surface area (TPSA) is 81.0 Å². The lowest BCUT2D eigenvalue weighted by Crippen LogP contribution is -1.96. The molecule has 0 aliphatic carbocycles. The summed E-state index contributed by atoms with van der Waals surface area (Å²) in [5.41, 5.74) is 4.72. The molecule has 0 amide bonds. The zero-order chi connectivity index (χ0) is 19.8. The highest BCUT2D eigenvalue weighted by atomic mass is 16.5. The number of hydrogen-bond donors (Lipinski definition) is 1. The molecule has 3 heterocycles. The highest BCUT2D eigenvalue weighted by Crippen LogP contribution is 2.23. The van der Waals surface area contributed by atoms with Crippen molar-refractivity contribution in [2.45, 2.75) is 26.4 Å². The van der Waals surface area contributed by atoms with Gasteiger partial charge in [-0.25, -0.2) is 14.5 Å². The molecule has 0 saturated heterocycles. The number of nitrogens with one attached hydrogen (secondary N) is 1. The lowest BCUT2D eigenvalue weighted by molar-refractivity contribution is 0.306. The van der Waals surface area contributed by atoms with Crippen LogP contribution in [0, 0.1) is 0 Å². The fourth-order valence-corrected chi connectivity index (χ4v) is 3.28. The molecule has 0 radical (unpaired) electrons. The number of hydrogen-bond acceptors (Lipinski definition) is 5. The average molecular weight is 384 g/mol. The van der Waals surface area contributed by atoms with Crippen molar-refractivity contribution in [1.82, 2.24) is 29.8 Å². The van der Waals surface area contributed by atoms with Gasteiger partial charge in [0, 0.05) is 5.56 Å². The molecular formula is C22H20N6O. The van der Waals surface area contributed by atoms with Gasteiger partial charge in [-0.2, -0.15) is 5.10 Å². The van der Waals surface area contributed by atoms with Crippen molar-refractivity contribution in [3.8, 4) is 17.1 Å². The average Bonchev–Trinajstić information content (AvgIpc) is 3.39. The van der Waals surface area contributed by atoms with Crippen LogP contribution in [0.4, 0.5) is 0 Å². The summed E-state index contributed by atoms with van der Waals surface area (Å²) in [4.78, 5) is 8.98. The van der Waals surface area contributed by atoms with E-state index in [9.17, 15) is 0 Å². The highest BCUT2D eigenvalue weighted by molar-refractivity contribution is 5.88. The molecule has 0 aliphatic rings. The predicted molar refractivity (Wildman–Crippen MR) is 111 cm³/mol. The van der Waals surface area contributed by atoms with Crippen molar-refractivity contribution < 1.29 is 4.74 Å². The van der Waals surface area contributed by atoms with E-state index >= 15 is 0 Å². The Kier molecular flexibility index (Phi) is 4.20. The van der Waals surface area contributed by atoms with Gasteiger partial charge in [-0.15, -0.1) is 5.10 Å². The second-order valence-electron chi connectivity index (χ2n) is 7.29. The summed E-state index contributed by atoms with van der Waals surface area (Å²) >= 11 is 0. The van der Waals surface area contributed by atoms with Gasteiger partial charge in [0.1, 0.15) is 18.7 Å². The van der Waals surface area contributed by atoms with E-state index in [1.165, 1.54) is 5.56 Å². The number of benzene rings is 2. The monoisotopic (exact) mass is 384 g/mol. The van der Waals surface area contributed by atoms with Crippen molar-refractivity contribution in [1.29, 1.82) is 0 Å². The predicted octanol–water partition coefficient (Wildman–Crippen LogP) is 4.37. The van der Waals surface area contributed by atoms with Crippen LogP contribution < -0.4 is 4.74 Å². The minimum Gasteiger partial charge on any atom is -0.489 e. The van der Waals surface area contributed by atoms with Crippen LogP contribution in [0.3, 0.4) is 0 Å². The van der Waals surface area contributed by atoms with Crippen LogP contribution in [0.2, 0.25) is 0 Å². The Morgan fingerprint density at radius 1 is 1.10 bits per heavy atom. The van der Waals surface area contributed by atoms with Gasteiger partial charge in [-0.05, 0) is 35.2 Å². The summed E-state index contributed by atoms with van der Waals surface area (Å²) in [6.45, 7) is 4.85. The maximum absolute atomic E-state index is 5.96. The quantitative estimate of drug-likeness (QED) is 0.487. The third-order valence-electron chi connectivity index (χ3n) is 4.93. The standard InChI is InChI=1S/C22H20N6O/c1-14(2)16-6-8-18(9-7-16)29-12-15-4-3-5-17(10-15)20-25-22-19-11-24-26-21(19)23-13-28(22)27-20/h3-11,13-14H,12H2,1-2H3,(H,24,26). The van der Waals surface area contributed by atoms with Crippen molar-refractivity contribution >= 4 is 16.7 Å². The summed E-state index contributed by atoms with van der Waals surface area (Å²) in [6, 6.07) is 16.3. The second-order valence-corrected chi connectivity index (χ2v) is 7.29. The van der Waals surface area contributed by atoms with Gasteiger partial charge in [0.25, 0.3) is 0 Å². The summed E-state index contributed by atoms with van der Waals surface area (Å²) in [7, 11) is 0. The van der Waals surface area contributed by atoms with E-state index in [0.29, 0.717) is 24.0 Å². The molecule has 0 bridgehead atoms.